The molecule has 0 aliphatic carbocycles. The minimum absolute atomic E-state index is 0.292. The minimum Gasteiger partial charge on any atom is -0.495 e. The van der Waals surface area contributed by atoms with Crippen molar-refractivity contribution < 1.29 is 9.84 Å². The summed E-state index contributed by atoms with van der Waals surface area (Å²) in [7, 11) is 3.88. The number of ether oxygens (including phenoxy) is 1. The summed E-state index contributed by atoms with van der Waals surface area (Å²) in [5.74, 6) is 0.967. The van der Waals surface area contributed by atoms with Crippen LogP contribution in [0, 0.1) is 0 Å². The van der Waals surface area contributed by atoms with Gasteiger partial charge in [-0.1, -0.05) is 49.4 Å². The fraction of sp³-hybridized carbons (Fsp3) is 0.692. The van der Waals surface area contributed by atoms with Crippen LogP contribution in [0.2, 0.25) is 0 Å². The van der Waals surface area contributed by atoms with Crippen LogP contribution in [-0.2, 0) is 6.54 Å². The number of nitrogens with one attached hydrogen (secondary N) is 5. The van der Waals surface area contributed by atoms with Gasteiger partial charge in [0.05, 0.1) is 19.4 Å². The molecule has 5 aliphatic rings. The maximum atomic E-state index is 8.56. The zero-order valence-electron chi connectivity index (χ0n) is 32.3. The highest BCUT2D eigenvalue weighted by Gasteiger charge is 2.14. The first-order valence-electron chi connectivity index (χ1n) is 19.5. The van der Waals surface area contributed by atoms with Crippen LogP contribution in [0.3, 0.4) is 0 Å². The van der Waals surface area contributed by atoms with Crippen molar-refractivity contribution in [3.05, 3.63) is 60.2 Å². The number of aliphatic hydroxyl groups excluding tert-OH is 1. The van der Waals surface area contributed by atoms with Crippen molar-refractivity contribution in [2.75, 3.05) is 170 Å². The van der Waals surface area contributed by atoms with Crippen molar-refractivity contribution in [2.45, 2.75) is 13.5 Å². The van der Waals surface area contributed by atoms with Crippen LogP contribution < -0.4 is 36.2 Å². The molecular weight excluding hydrogens is 640 g/mol. The molecule has 51 heavy (non-hydrogen) atoms. The summed E-state index contributed by atoms with van der Waals surface area (Å²) >= 11 is 0. The molecule has 2 aromatic carbocycles. The van der Waals surface area contributed by atoms with Gasteiger partial charge in [0.2, 0.25) is 0 Å². The summed E-state index contributed by atoms with van der Waals surface area (Å²) in [5.41, 5.74) is 2.63. The van der Waals surface area contributed by atoms with E-state index in [1.807, 2.05) is 12.1 Å². The molecule has 290 valence electrons. The third kappa shape index (κ3) is 19.3. The van der Waals surface area contributed by atoms with Gasteiger partial charge in [-0.2, -0.15) is 0 Å². The molecule has 5 heterocycles. The van der Waals surface area contributed by atoms with Gasteiger partial charge >= 0.3 is 0 Å². The van der Waals surface area contributed by atoms with E-state index in [1.165, 1.54) is 70.2 Å². The van der Waals surface area contributed by atoms with Gasteiger partial charge in [0.25, 0.3) is 0 Å². The molecule has 0 atom stereocenters. The number of benzene rings is 2. The average Bonchev–Trinajstić information content (AvgIpc) is 3.21. The van der Waals surface area contributed by atoms with Gasteiger partial charge in [0.1, 0.15) is 5.75 Å². The molecule has 6 N–H and O–H groups in total. The van der Waals surface area contributed by atoms with Crippen LogP contribution in [0.15, 0.2) is 54.6 Å². The van der Waals surface area contributed by atoms with E-state index in [2.05, 4.69) is 108 Å². The fourth-order valence-corrected chi connectivity index (χ4v) is 6.39. The number of aliphatic hydroxyl groups is 1. The van der Waals surface area contributed by atoms with Gasteiger partial charge in [-0.25, -0.2) is 0 Å². The smallest absolute Gasteiger partial charge is 0.142 e. The highest BCUT2D eigenvalue weighted by atomic mass is 16.5. The number of para-hydroxylation sites is 2. The maximum Gasteiger partial charge on any atom is 0.142 e. The van der Waals surface area contributed by atoms with Crippen LogP contribution in [0.5, 0.6) is 5.75 Å². The topological polar surface area (TPSA) is 106 Å². The normalized spacial score (nSPS) is 20.5. The number of nitrogens with zero attached hydrogens (tertiary/aromatic N) is 5. The molecule has 12 heteroatoms. The van der Waals surface area contributed by atoms with Crippen LogP contribution in [-0.4, -0.2) is 189 Å². The number of likely N-dealkylation sites (N-methyl/N-ethyl adjacent to an activating group) is 2. The number of methoxy groups -OCH3 is 1. The molecular formula is C39H72N10O2. The lowest BCUT2D eigenvalue weighted by molar-refractivity contribution is 0.180. The lowest BCUT2D eigenvalue weighted by Gasteiger charge is -2.30. The quantitative estimate of drug-likeness (QED) is 0.241. The van der Waals surface area contributed by atoms with E-state index >= 15 is 0 Å². The number of rotatable bonds is 7. The molecule has 0 bridgehead atoms. The van der Waals surface area contributed by atoms with E-state index in [1.54, 1.807) is 7.11 Å². The Morgan fingerprint density at radius 2 is 1.02 bits per heavy atom. The molecule has 5 saturated heterocycles. The van der Waals surface area contributed by atoms with E-state index < -0.39 is 0 Å². The molecule has 5 fully saturated rings. The summed E-state index contributed by atoms with van der Waals surface area (Å²) in [5, 5.41) is 25.1. The first-order chi connectivity index (χ1) is 25.1. The van der Waals surface area contributed by atoms with E-state index in [4.69, 9.17) is 9.84 Å². The second-order valence-corrected chi connectivity index (χ2v) is 13.5. The second kappa shape index (κ2) is 28.2. The Morgan fingerprint density at radius 1 is 0.569 bits per heavy atom. The third-order valence-corrected chi connectivity index (χ3v) is 9.62. The van der Waals surface area contributed by atoms with Crippen LogP contribution in [0.25, 0.3) is 0 Å². The Bertz CT molecular complexity index is 1070. The first-order valence-corrected chi connectivity index (χ1v) is 19.5. The first kappa shape index (κ1) is 43.0. The number of anilines is 1. The third-order valence-electron chi connectivity index (χ3n) is 9.62. The van der Waals surface area contributed by atoms with E-state index in [9.17, 15) is 0 Å². The lowest BCUT2D eigenvalue weighted by Crippen LogP contribution is -2.44. The Hall–Kier alpha value is -2.36. The Balaban J connectivity index is 0.000000177. The van der Waals surface area contributed by atoms with Gasteiger partial charge in [-0.05, 0) is 31.3 Å². The SMILES string of the molecule is CCN1CCNCC1.CN1CCNCC1.COc1ccccc1N1CCNCC1.OCCN1CCNCC1.c1ccc(CN2CCNCC2)cc1. The summed E-state index contributed by atoms with van der Waals surface area (Å²) in [6, 6.07) is 18.9. The molecule has 12 nitrogen and oxygen atoms in total. The molecule has 0 amide bonds. The van der Waals surface area contributed by atoms with E-state index in [-0.39, 0.29) is 0 Å². The predicted molar refractivity (Wildman–Crippen MR) is 214 cm³/mol. The summed E-state index contributed by atoms with van der Waals surface area (Å²) in [6.45, 7) is 28.3. The number of piperazine rings is 5. The monoisotopic (exact) mass is 713 g/mol. The van der Waals surface area contributed by atoms with Crippen LogP contribution in [0.4, 0.5) is 5.69 Å². The fourth-order valence-electron chi connectivity index (χ4n) is 6.39. The predicted octanol–water partition coefficient (Wildman–Crippen LogP) is 0.513. The molecule has 0 spiro atoms. The van der Waals surface area contributed by atoms with Crippen molar-refractivity contribution in [1.82, 2.24) is 46.2 Å². The van der Waals surface area contributed by atoms with Gasteiger partial charge in [-0.15, -0.1) is 0 Å². The maximum absolute atomic E-state index is 8.56. The molecule has 0 aromatic heterocycles. The number of hydrogen-bond acceptors (Lipinski definition) is 12. The van der Waals surface area contributed by atoms with Crippen LogP contribution >= 0.6 is 0 Å². The van der Waals surface area contributed by atoms with Crippen molar-refractivity contribution >= 4 is 5.69 Å². The number of β-amino-alcohol motifs (C(OH)–C–C–N with tert-alkyl or cyclic N) is 1. The van der Waals surface area contributed by atoms with Gasteiger partial charge < -0.3 is 51.1 Å². The van der Waals surface area contributed by atoms with Gasteiger partial charge in [0.15, 0.2) is 0 Å². The standard InChI is InChI=1S/C11H16N2O.C11H16N2.C6H14N2O.C6H14N2.C5H12N2/c1-14-11-5-3-2-4-10(11)13-8-6-12-7-9-13;1-2-4-11(5-3-1)10-13-8-6-12-7-9-13;9-6-5-8-3-1-7-2-4-8;1-2-8-5-3-7-4-6-8;1-7-4-2-6-3-5-7/h2-5,12H,6-9H2,1H3;1-5,12H,6-10H2;7,9H,1-6H2;7H,2-6H2,1H3;6H,2-5H2,1H3. The zero-order valence-corrected chi connectivity index (χ0v) is 32.3. The summed E-state index contributed by atoms with van der Waals surface area (Å²) < 4.78 is 5.34. The highest BCUT2D eigenvalue weighted by molar-refractivity contribution is 5.58. The zero-order chi connectivity index (χ0) is 36.2. The lowest BCUT2D eigenvalue weighted by atomic mass is 10.2. The molecule has 0 unspecified atom stereocenters. The van der Waals surface area contributed by atoms with Crippen molar-refractivity contribution in [3.8, 4) is 5.75 Å². The summed E-state index contributed by atoms with van der Waals surface area (Å²) in [4.78, 5) is 11.9. The Morgan fingerprint density at radius 3 is 1.47 bits per heavy atom. The molecule has 0 saturated carbocycles. The van der Waals surface area contributed by atoms with E-state index in [0.717, 1.165) is 97.4 Å². The van der Waals surface area contributed by atoms with Gasteiger partial charge in [-0.3, -0.25) is 9.80 Å². The Kier molecular flexibility index (Phi) is 23.8. The highest BCUT2D eigenvalue weighted by Crippen LogP contribution is 2.27. The number of hydrogen-bond donors (Lipinski definition) is 6. The molecule has 0 radical (unpaired) electrons. The Labute approximate surface area is 310 Å². The average molecular weight is 713 g/mol. The minimum atomic E-state index is 0.292. The van der Waals surface area contributed by atoms with Crippen molar-refractivity contribution in [1.29, 1.82) is 0 Å². The molecule has 2 aromatic rings. The van der Waals surface area contributed by atoms with E-state index in [0.29, 0.717) is 6.61 Å². The second-order valence-electron chi connectivity index (χ2n) is 13.5. The van der Waals surface area contributed by atoms with Gasteiger partial charge in [0, 0.05) is 144 Å². The molecule has 5 aliphatic heterocycles. The summed E-state index contributed by atoms with van der Waals surface area (Å²) in [6.07, 6.45) is 0. The van der Waals surface area contributed by atoms with Crippen molar-refractivity contribution in [3.63, 3.8) is 0 Å². The largest absolute Gasteiger partial charge is 0.495 e. The van der Waals surface area contributed by atoms with Crippen LogP contribution in [0.1, 0.15) is 12.5 Å². The molecule has 7 rings (SSSR count). The van der Waals surface area contributed by atoms with Crippen molar-refractivity contribution in [2.24, 2.45) is 0 Å².